The lowest BCUT2D eigenvalue weighted by Crippen LogP contribution is -2.24. The van der Waals surface area contributed by atoms with Crippen LogP contribution in [0.15, 0.2) is 12.1 Å². The minimum Gasteiger partial charge on any atom is -0.330 e. The molecule has 0 unspecified atom stereocenters. The molecule has 0 aromatic carbocycles. The summed E-state index contributed by atoms with van der Waals surface area (Å²) in [5.74, 6) is 1.17. The van der Waals surface area contributed by atoms with Gasteiger partial charge in [0.05, 0.1) is 0 Å². The molecule has 86 valence electrons. The van der Waals surface area contributed by atoms with E-state index in [0.717, 1.165) is 12.3 Å². The van der Waals surface area contributed by atoms with Crippen molar-refractivity contribution in [2.24, 2.45) is 23.3 Å². The lowest BCUT2D eigenvalue weighted by Gasteiger charge is -2.09. The summed E-state index contributed by atoms with van der Waals surface area (Å²) in [6.45, 7) is 5.88. The molecule has 0 saturated carbocycles. The largest absolute Gasteiger partial charge is 0.330 e. The molecule has 0 fully saturated rings. The van der Waals surface area contributed by atoms with Gasteiger partial charge in [-0.2, -0.15) is 0 Å². The van der Waals surface area contributed by atoms with Gasteiger partial charge in [-0.25, -0.2) is 0 Å². The monoisotopic (exact) mass is 226 g/mol. The highest BCUT2D eigenvalue weighted by Gasteiger charge is 2.08. The van der Waals surface area contributed by atoms with E-state index < -0.39 is 0 Å². The average molecular weight is 226 g/mol. The first kappa shape index (κ1) is 12.7. The molecular formula is C12H22N2S. The summed E-state index contributed by atoms with van der Waals surface area (Å²) in [5, 5.41) is 0. The molecule has 2 nitrogen and oxygen atoms in total. The molecule has 1 heterocycles. The molecule has 0 aliphatic rings. The number of hydrogen-bond acceptors (Lipinski definition) is 3. The van der Waals surface area contributed by atoms with Gasteiger partial charge in [0, 0.05) is 9.75 Å². The van der Waals surface area contributed by atoms with Gasteiger partial charge in [-0.15, -0.1) is 11.3 Å². The van der Waals surface area contributed by atoms with Crippen LogP contribution in [0.3, 0.4) is 0 Å². The molecule has 0 aliphatic heterocycles. The van der Waals surface area contributed by atoms with Crippen LogP contribution in [-0.4, -0.2) is 13.1 Å². The average Bonchev–Trinajstić information content (AvgIpc) is 2.61. The molecule has 0 radical (unpaired) electrons. The Balaban J connectivity index is 2.52. The van der Waals surface area contributed by atoms with Gasteiger partial charge in [-0.05, 0) is 49.9 Å². The predicted octanol–water partition coefficient (Wildman–Crippen LogP) is 2.02. The molecule has 1 aromatic rings. The Morgan fingerprint density at radius 2 is 1.60 bits per heavy atom. The Hall–Kier alpha value is -0.380. The fourth-order valence-electron chi connectivity index (χ4n) is 1.59. The Morgan fingerprint density at radius 1 is 1.07 bits per heavy atom. The molecular weight excluding hydrogens is 204 g/mol. The van der Waals surface area contributed by atoms with Crippen LogP contribution >= 0.6 is 11.3 Å². The van der Waals surface area contributed by atoms with Crippen LogP contribution in [0.5, 0.6) is 0 Å². The second-order valence-corrected chi connectivity index (χ2v) is 5.76. The molecule has 0 aliphatic carbocycles. The van der Waals surface area contributed by atoms with E-state index >= 15 is 0 Å². The summed E-state index contributed by atoms with van der Waals surface area (Å²) in [6, 6.07) is 4.46. The predicted molar refractivity (Wildman–Crippen MR) is 68.2 cm³/mol. The number of thiophene rings is 1. The van der Waals surface area contributed by atoms with Crippen molar-refractivity contribution < 1.29 is 0 Å². The zero-order valence-electron chi connectivity index (χ0n) is 9.70. The first-order valence-electron chi connectivity index (χ1n) is 5.63. The molecule has 0 atom stereocenters. The van der Waals surface area contributed by atoms with Gasteiger partial charge in [-0.1, -0.05) is 13.8 Å². The van der Waals surface area contributed by atoms with Crippen molar-refractivity contribution in [3.05, 3.63) is 21.9 Å². The summed E-state index contributed by atoms with van der Waals surface area (Å²) < 4.78 is 0. The number of nitrogens with two attached hydrogens (primary N) is 2. The van der Waals surface area contributed by atoms with E-state index in [4.69, 9.17) is 11.5 Å². The normalized spacial score (nSPS) is 11.6. The van der Waals surface area contributed by atoms with Crippen molar-refractivity contribution >= 4 is 11.3 Å². The summed E-state index contributed by atoms with van der Waals surface area (Å²) in [6.07, 6.45) is 2.22. The second-order valence-electron chi connectivity index (χ2n) is 4.51. The highest BCUT2D eigenvalue weighted by atomic mass is 32.1. The molecule has 1 rings (SSSR count). The minimum absolute atomic E-state index is 0.440. The van der Waals surface area contributed by atoms with E-state index in [1.54, 1.807) is 0 Å². The van der Waals surface area contributed by atoms with Crippen molar-refractivity contribution in [2.75, 3.05) is 13.1 Å². The van der Waals surface area contributed by atoms with E-state index in [1.165, 1.54) is 16.2 Å². The molecule has 0 spiro atoms. The van der Waals surface area contributed by atoms with Crippen LogP contribution in [0.1, 0.15) is 23.6 Å². The third kappa shape index (κ3) is 4.33. The van der Waals surface area contributed by atoms with Crippen molar-refractivity contribution in [3.8, 4) is 0 Å². The van der Waals surface area contributed by atoms with Gasteiger partial charge >= 0.3 is 0 Å². The fraction of sp³-hybridized carbons (Fsp3) is 0.667. The van der Waals surface area contributed by atoms with Crippen LogP contribution in [0, 0.1) is 11.8 Å². The zero-order chi connectivity index (χ0) is 11.3. The van der Waals surface area contributed by atoms with Gasteiger partial charge in [0.25, 0.3) is 0 Å². The van der Waals surface area contributed by atoms with Crippen LogP contribution in [-0.2, 0) is 12.8 Å². The Labute approximate surface area is 96.7 Å². The smallest absolute Gasteiger partial charge is 0.00519 e. The highest BCUT2D eigenvalue weighted by molar-refractivity contribution is 7.11. The Morgan fingerprint density at radius 3 is 2.07 bits per heavy atom. The number of hydrogen-bond donors (Lipinski definition) is 2. The number of rotatable bonds is 6. The van der Waals surface area contributed by atoms with Crippen molar-refractivity contribution in [1.29, 1.82) is 0 Å². The lowest BCUT2D eigenvalue weighted by molar-refractivity contribution is 0.552. The van der Waals surface area contributed by atoms with Gasteiger partial charge in [0.1, 0.15) is 0 Å². The topological polar surface area (TPSA) is 52.0 Å². The maximum absolute atomic E-state index is 5.64. The quantitative estimate of drug-likeness (QED) is 0.780. The SMILES string of the molecule is CC(C)Cc1ccc(CC(CN)CN)s1. The molecule has 0 saturated heterocycles. The van der Waals surface area contributed by atoms with Crippen molar-refractivity contribution in [1.82, 2.24) is 0 Å². The summed E-state index contributed by atoms with van der Waals surface area (Å²) >= 11 is 1.91. The molecule has 0 bridgehead atoms. The Bertz CT molecular complexity index is 277. The maximum atomic E-state index is 5.64. The molecule has 4 N–H and O–H groups in total. The summed E-state index contributed by atoms with van der Waals surface area (Å²) in [5.41, 5.74) is 11.3. The van der Waals surface area contributed by atoms with E-state index in [1.807, 2.05) is 11.3 Å². The highest BCUT2D eigenvalue weighted by Crippen LogP contribution is 2.21. The van der Waals surface area contributed by atoms with Crippen molar-refractivity contribution in [2.45, 2.75) is 26.7 Å². The maximum Gasteiger partial charge on any atom is 0.00519 e. The van der Waals surface area contributed by atoms with Gasteiger partial charge in [-0.3, -0.25) is 0 Å². The molecule has 0 amide bonds. The standard InChI is InChI=1S/C12H22N2S/c1-9(2)5-11-3-4-12(15-11)6-10(7-13)8-14/h3-4,9-10H,5-8,13-14H2,1-2H3. The molecule has 15 heavy (non-hydrogen) atoms. The summed E-state index contributed by atoms with van der Waals surface area (Å²) in [7, 11) is 0. The van der Waals surface area contributed by atoms with E-state index in [2.05, 4.69) is 26.0 Å². The zero-order valence-corrected chi connectivity index (χ0v) is 10.5. The van der Waals surface area contributed by atoms with Crippen LogP contribution < -0.4 is 11.5 Å². The second kappa shape index (κ2) is 6.26. The van der Waals surface area contributed by atoms with Crippen LogP contribution in [0.25, 0.3) is 0 Å². The Kier molecular flexibility index (Phi) is 5.29. The fourth-order valence-corrected chi connectivity index (χ4v) is 2.94. The first-order valence-corrected chi connectivity index (χ1v) is 6.45. The first-order chi connectivity index (χ1) is 7.15. The van der Waals surface area contributed by atoms with Gasteiger partial charge in [0.2, 0.25) is 0 Å². The van der Waals surface area contributed by atoms with Gasteiger partial charge in [0.15, 0.2) is 0 Å². The molecule has 1 aromatic heterocycles. The lowest BCUT2D eigenvalue weighted by atomic mass is 10.1. The van der Waals surface area contributed by atoms with E-state index in [-0.39, 0.29) is 0 Å². The van der Waals surface area contributed by atoms with Crippen LogP contribution in [0.4, 0.5) is 0 Å². The minimum atomic E-state index is 0.440. The van der Waals surface area contributed by atoms with Gasteiger partial charge < -0.3 is 11.5 Å². The third-order valence-electron chi connectivity index (χ3n) is 2.48. The van der Waals surface area contributed by atoms with Crippen molar-refractivity contribution in [3.63, 3.8) is 0 Å². The van der Waals surface area contributed by atoms with E-state index in [9.17, 15) is 0 Å². The molecule has 3 heteroatoms. The third-order valence-corrected chi connectivity index (χ3v) is 3.61. The van der Waals surface area contributed by atoms with E-state index in [0.29, 0.717) is 19.0 Å². The van der Waals surface area contributed by atoms with Crippen LogP contribution in [0.2, 0.25) is 0 Å². The summed E-state index contributed by atoms with van der Waals surface area (Å²) in [4.78, 5) is 2.90.